The van der Waals surface area contributed by atoms with Gasteiger partial charge in [-0.2, -0.15) is 0 Å². The maximum absolute atomic E-state index is 5.80. The molecule has 4 aliphatic rings. The molecule has 0 spiro atoms. The van der Waals surface area contributed by atoms with Crippen molar-refractivity contribution in [2.45, 2.75) is 123 Å². The second-order valence-corrected chi connectivity index (χ2v) is 13.4. The van der Waals surface area contributed by atoms with E-state index in [4.69, 9.17) is 9.47 Å². The first-order valence-electron chi connectivity index (χ1n) is 13.7. The lowest BCUT2D eigenvalue weighted by atomic mass is 9.44. The van der Waals surface area contributed by atoms with Gasteiger partial charge in [0, 0.05) is 14.2 Å². The Morgan fingerprint density at radius 2 is 1.61 bits per heavy atom. The molecule has 31 heavy (non-hydrogen) atoms. The number of fused-ring (bicyclic) bond motifs is 5. The zero-order valence-electron chi connectivity index (χ0n) is 21.8. The van der Waals surface area contributed by atoms with Crippen LogP contribution in [0.15, 0.2) is 0 Å². The lowest BCUT2D eigenvalue weighted by Gasteiger charge is -2.61. The molecular formula is C29H52O2. The summed E-state index contributed by atoms with van der Waals surface area (Å²) in [4.78, 5) is 0. The first-order valence-corrected chi connectivity index (χ1v) is 13.7. The SMILES string of the molecule is CO[C@H]1CC[C@@]2(C)[C@@H](CC[C@@H]3[C@@H]2CC[C@]2(C)[C@@H]([C@H](C)CCCC(C)(C)OC)CC[C@@H]32)C1. The van der Waals surface area contributed by atoms with Crippen molar-refractivity contribution in [2.75, 3.05) is 14.2 Å². The van der Waals surface area contributed by atoms with Crippen LogP contribution in [0.25, 0.3) is 0 Å². The van der Waals surface area contributed by atoms with Gasteiger partial charge in [0.1, 0.15) is 0 Å². The average molecular weight is 433 g/mol. The molecule has 4 rings (SSSR count). The molecule has 4 aliphatic carbocycles. The third-order valence-corrected chi connectivity index (χ3v) is 11.7. The highest BCUT2D eigenvalue weighted by Gasteiger charge is 2.60. The van der Waals surface area contributed by atoms with Crippen LogP contribution in [-0.4, -0.2) is 25.9 Å². The fourth-order valence-corrected chi connectivity index (χ4v) is 9.56. The van der Waals surface area contributed by atoms with Crippen molar-refractivity contribution in [3.05, 3.63) is 0 Å². The van der Waals surface area contributed by atoms with Crippen LogP contribution in [0, 0.1) is 46.3 Å². The second kappa shape index (κ2) is 8.94. The number of hydrogen-bond donors (Lipinski definition) is 0. The fraction of sp³-hybridized carbons (Fsp3) is 1.00. The third kappa shape index (κ3) is 4.27. The minimum absolute atomic E-state index is 0.0375. The molecule has 2 nitrogen and oxygen atoms in total. The van der Waals surface area contributed by atoms with E-state index in [9.17, 15) is 0 Å². The maximum Gasteiger partial charge on any atom is 0.0622 e. The largest absolute Gasteiger partial charge is 0.381 e. The van der Waals surface area contributed by atoms with E-state index < -0.39 is 0 Å². The summed E-state index contributed by atoms with van der Waals surface area (Å²) in [7, 11) is 3.79. The number of methoxy groups -OCH3 is 2. The van der Waals surface area contributed by atoms with Gasteiger partial charge in [-0.25, -0.2) is 0 Å². The molecule has 0 amide bonds. The highest BCUT2D eigenvalue weighted by atomic mass is 16.5. The molecule has 180 valence electrons. The molecule has 4 saturated carbocycles. The predicted octanol–water partition coefficient (Wildman–Crippen LogP) is 7.89. The van der Waals surface area contributed by atoms with E-state index in [0.29, 0.717) is 16.9 Å². The summed E-state index contributed by atoms with van der Waals surface area (Å²) in [5.74, 6) is 5.70. The molecule has 0 aliphatic heterocycles. The fourth-order valence-electron chi connectivity index (χ4n) is 9.56. The highest BCUT2D eigenvalue weighted by molar-refractivity contribution is 5.09. The molecule has 0 aromatic carbocycles. The molecule has 4 fully saturated rings. The number of rotatable bonds is 7. The van der Waals surface area contributed by atoms with E-state index >= 15 is 0 Å². The van der Waals surface area contributed by atoms with Crippen molar-refractivity contribution in [3.8, 4) is 0 Å². The van der Waals surface area contributed by atoms with Crippen LogP contribution in [-0.2, 0) is 9.47 Å². The quantitative estimate of drug-likeness (QED) is 0.407. The summed E-state index contributed by atoms with van der Waals surface area (Å²) in [6.07, 6.45) is 17.4. The van der Waals surface area contributed by atoms with Gasteiger partial charge in [-0.1, -0.05) is 33.6 Å². The summed E-state index contributed by atoms with van der Waals surface area (Å²) >= 11 is 0. The van der Waals surface area contributed by atoms with Gasteiger partial charge >= 0.3 is 0 Å². The van der Waals surface area contributed by atoms with E-state index in [-0.39, 0.29) is 5.60 Å². The summed E-state index contributed by atoms with van der Waals surface area (Å²) in [5, 5.41) is 0. The van der Waals surface area contributed by atoms with Gasteiger partial charge in [-0.3, -0.25) is 0 Å². The Morgan fingerprint density at radius 1 is 0.903 bits per heavy atom. The van der Waals surface area contributed by atoms with Crippen molar-refractivity contribution in [1.82, 2.24) is 0 Å². The van der Waals surface area contributed by atoms with Crippen LogP contribution >= 0.6 is 0 Å². The zero-order chi connectivity index (χ0) is 22.4. The van der Waals surface area contributed by atoms with Crippen molar-refractivity contribution in [3.63, 3.8) is 0 Å². The molecule has 0 aromatic heterocycles. The van der Waals surface area contributed by atoms with Crippen molar-refractivity contribution < 1.29 is 9.47 Å². The van der Waals surface area contributed by atoms with Crippen LogP contribution in [0.2, 0.25) is 0 Å². The molecule has 0 heterocycles. The first kappa shape index (κ1) is 24.1. The maximum atomic E-state index is 5.80. The smallest absolute Gasteiger partial charge is 0.0622 e. The van der Waals surface area contributed by atoms with E-state index in [1.165, 1.54) is 77.0 Å². The molecule has 9 atom stereocenters. The zero-order valence-corrected chi connectivity index (χ0v) is 21.8. The Kier molecular flexibility index (Phi) is 6.93. The molecule has 0 N–H and O–H groups in total. The monoisotopic (exact) mass is 432 g/mol. The Balaban J connectivity index is 1.42. The van der Waals surface area contributed by atoms with Crippen LogP contribution in [0.5, 0.6) is 0 Å². The summed E-state index contributed by atoms with van der Waals surface area (Å²) in [5.41, 5.74) is 1.23. The van der Waals surface area contributed by atoms with Crippen LogP contribution < -0.4 is 0 Å². The number of ether oxygens (including phenoxy) is 2. The van der Waals surface area contributed by atoms with Gasteiger partial charge in [0.05, 0.1) is 11.7 Å². The molecule has 0 aromatic rings. The van der Waals surface area contributed by atoms with Crippen molar-refractivity contribution in [2.24, 2.45) is 46.3 Å². The Labute approximate surface area is 193 Å². The van der Waals surface area contributed by atoms with Crippen molar-refractivity contribution in [1.29, 1.82) is 0 Å². The van der Waals surface area contributed by atoms with Gasteiger partial charge in [0.2, 0.25) is 0 Å². The van der Waals surface area contributed by atoms with Gasteiger partial charge < -0.3 is 9.47 Å². The lowest BCUT2D eigenvalue weighted by molar-refractivity contribution is -0.133. The second-order valence-electron chi connectivity index (χ2n) is 13.4. The molecule has 0 saturated heterocycles. The minimum Gasteiger partial charge on any atom is -0.381 e. The van der Waals surface area contributed by atoms with E-state index in [2.05, 4.69) is 34.6 Å². The minimum atomic E-state index is 0.0375. The highest BCUT2D eigenvalue weighted by Crippen LogP contribution is 2.68. The van der Waals surface area contributed by atoms with Gasteiger partial charge in [0.15, 0.2) is 0 Å². The first-order chi connectivity index (χ1) is 14.6. The molecule has 0 bridgehead atoms. The van der Waals surface area contributed by atoms with Gasteiger partial charge in [0.25, 0.3) is 0 Å². The van der Waals surface area contributed by atoms with E-state index in [0.717, 1.165) is 35.5 Å². The molecule has 0 radical (unpaired) electrons. The van der Waals surface area contributed by atoms with Crippen LogP contribution in [0.4, 0.5) is 0 Å². The third-order valence-electron chi connectivity index (χ3n) is 11.7. The summed E-state index contributed by atoms with van der Waals surface area (Å²) in [6, 6.07) is 0. The molecule has 2 heteroatoms. The van der Waals surface area contributed by atoms with Gasteiger partial charge in [-0.15, -0.1) is 0 Å². The van der Waals surface area contributed by atoms with Crippen LogP contribution in [0.3, 0.4) is 0 Å². The molecule has 0 unspecified atom stereocenters. The Hall–Kier alpha value is -0.0800. The lowest BCUT2D eigenvalue weighted by Crippen LogP contribution is -2.54. The van der Waals surface area contributed by atoms with E-state index in [1.807, 2.05) is 14.2 Å². The molecular weight excluding hydrogens is 380 g/mol. The summed E-state index contributed by atoms with van der Waals surface area (Å²) in [6.45, 7) is 12.5. The van der Waals surface area contributed by atoms with Crippen molar-refractivity contribution >= 4 is 0 Å². The standard InChI is InChI=1S/C29H52O2/c1-20(9-8-16-27(2,3)31-7)24-12-13-25-23-11-10-21-19-22(30-6)14-17-28(21,4)26(23)15-18-29(24,25)5/h20-26H,8-19H2,1-7H3/t20-,21+,22+,23+,24-,25+,26+,28+,29-/m1/s1. The number of hydrogen-bond acceptors (Lipinski definition) is 2. The van der Waals surface area contributed by atoms with Crippen LogP contribution in [0.1, 0.15) is 112 Å². The van der Waals surface area contributed by atoms with Gasteiger partial charge in [-0.05, 0) is 124 Å². The average Bonchev–Trinajstić information content (AvgIpc) is 3.10. The summed E-state index contributed by atoms with van der Waals surface area (Å²) < 4.78 is 11.5. The van der Waals surface area contributed by atoms with E-state index in [1.54, 1.807) is 0 Å². The Bertz CT molecular complexity index is 614. The predicted molar refractivity (Wildman–Crippen MR) is 130 cm³/mol. The topological polar surface area (TPSA) is 18.5 Å². The Morgan fingerprint density at radius 3 is 2.32 bits per heavy atom. The normalized spacial score (nSPS) is 46.2.